The summed E-state index contributed by atoms with van der Waals surface area (Å²) < 4.78 is 0. The van der Waals surface area contributed by atoms with Gasteiger partial charge in [0.15, 0.2) is 0 Å². The fourth-order valence-electron chi connectivity index (χ4n) is 5.18. The van der Waals surface area contributed by atoms with Gasteiger partial charge in [0, 0.05) is 0 Å². The van der Waals surface area contributed by atoms with E-state index >= 15 is 0 Å². The molecule has 0 heterocycles. The molecule has 0 aliphatic heterocycles. The number of carbonyl (C=O) groups excluding carboxylic acids is 1. The third-order valence-corrected chi connectivity index (χ3v) is 8.04. The molecule has 0 aliphatic rings. The molecule has 4 N–H and O–H groups in total. The van der Waals surface area contributed by atoms with Crippen molar-refractivity contribution in [2.45, 2.75) is 193 Å². The topological polar surface area (TPSA) is 89.8 Å². The SMILES string of the molecule is CCCCCCCC/C=C/CCCCCCC(O)C(=O)NC(CO)C(O)/C=C/CCCCCCCCCCCCC. The first-order valence-electron chi connectivity index (χ1n) is 17.7. The van der Waals surface area contributed by atoms with E-state index in [4.69, 9.17) is 0 Å². The van der Waals surface area contributed by atoms with Crippen LogP contribution in [0.3, 0.4) is 0 Å². The molecule has 3 atom stereocenters. The van der Waals surface area contributed by atoms with E-state index in [1.54, 1.807) is 6.08 Å². The highest BCUT2D eigenvalue weighted by molar-refractivity contribution is 5.80. The van der Waals surface area contributed by atoms with Gasteiger partial charge in [-0.25, -0.2) is 0 Å². The van der Waals surface area contributed by atoms with Crippen LogP contribution in [0.5, 0.6) is 0 Å². The van der Waals surface area contributed by atoms with Crippen LogP contribution >= 0.6 is 0 Å². The van der Waals surface area contributed by atoms with Gasteiger partial charge in [-0.3, -0.25) is 4.79 Å². The molecule has 0 fully saturated rings. The number of hydrogen-bond donors (Lipinski definition) is 4. The first-order chi connectivity index (χ1) is 20.1. The fourth-order valence-corrected chi connectivity index (χ4v) is 5.18. The van der Waals surface area contributed by atoms with Crippen molar-refractivity contribution in [1.82, 2.24) is 5.32 Å². The summed E-state index contributed by atoms with van der Waals surface area (Å²) in [4.78, 5) is 12.4. The fraction of sp³-hybridized carbons (Fsp3) is 0.861. The van der Waals surface area contributed by atoms with Crippen molar-refractivity contribution in [2.75, 3.05) is 6.61 Å². The zero-order valence-corrected chi connectivity index (χ0v) is 27.2. The molecule has 1 amide bonds. The number of amides is 1. The largest absolute Gasteiger partial charge is 0.394 e. The third-order valence-electron chi connectivity index (χ3n) is 8.04. The zero-order valence-electron chi connectivity index (χ0n) is 27.2. The van der Waals surface area contributed by atoms with Crippen molar-refractivity contribution < 1.29 is 20.1 Å². The van der Waals surface area contributed by atoms with Crippen molar-refractivity contribution in [3.05, 3.63) is 24.3 Å². The minimum atomic E-state index is -1.10. The molecule has 0 spiro atoms. The summed E-state index contributed by atoms with van der Waals surface area (Å²) in [5, 5.41) is 32.9. The highest BCUT2D eigenvalue weighted by Crippen LogP contribution is 2.13. The number of allylic oxidation sites excluding steroid dienone is 3. The van der Waals surface area contributed by atoms with Crippen LogP contribution in [0.15, 0.2) is 24.3 Å². The number of aliphatic hydroxyl groups excluding tert-OH is 3. The molecule has 41 heavy (non-hydrogen) atoms. The van der Waals surface area contributed by atoms with Crippen LogP contribution in [0.1, 0.15) is 174 Å². The van der Waals surface area contributed by atoms with Crippen LogP contribution in [0, 0.1) is 0 Å². The Hall–Kier alpha value is -1.17. The Morgan fingerprint density at radius 2 is 0.976 bits per heavy atom. The van der Waals surface area contributed by atoms with E-state index in [2.05, 4.69) is 31.3 Å². The van der Waals surface area contributed by atoms with Gasteiger partial charge < -0.3 is 20.6 Å². The maximum Gasteiger partial charge on any atom is 0.249 e. The summed E-state index contributed by atoms with van der Waals surface area (Å²) >= 11 is 0. The smallest absolute Gasteiger partial charge is 0.249 e. The van der Waals surface area contributed by atoms with Crippen LogP contribution in [-0.2, 0) is 4.79 Å². The van der Waals surface area contributed by atoms with E-state index in [0.29, 0.717) is 6.42 Å². The van der Waals surface area contributed by atoms with Gasteiger partial charge in [-0.05, 0) is 44.9 Å². The van der Waals surface area contributed by atoms with Crippen molar-refractivity contribution >= 4 is 5.91 Å². The average Bonchev–Trinajstić information content (AvgIpc) is 2.98. The van der Waals surface area contributed by atoms with E-state index in [0.717, 1.165) is 44.9 Å². The second-order valence-corrected chi connectivity index (χ2v) is 12.1. The number of rotatable bonds is 31. The van der Waals surface area contributed by atoms with E-state index in [1.807, 2.05) is 6.08 Å². The molecule has 0 aromatic heterocycles. The lowest BCUT2D eigenvalue weighted by Gasteiger charge is -2.21. The van der Waals surface area contributed by atoms with E-state index in [9.17, 15) is 20.1 Å². The van der Waals surface area contributed by atoms with E-state index in [1.165, 1.54) is 109 Å². The minimum absolute atomic E-state index is 0.366. The van der Waals surface area contributed by atoms with E-state index in [-0.39, 0.29) is 6.61 Å². The Morgan fingerprint density at radius 1 is 0.585 bits per heavy atom. The quantitative estimate of drug-likeness (QED) is 0.0487. The van der Waals surface area contributed by atoms with Gasteiger partial charge in [0.2, 0.25) is 5.91 Å². The van der Waals surface area contributed by atoms with Crippen LogP contribution in [0.4, 0.5) is 0 Å². The second-order valence-electron chi connectivity index (χ2n) is 12.1. The van der Waals surface area contributed by atoms with Gasteiger partial charge in [-0.1, -0.05) is 154 Å². The van der Waals surface area contributed by atoms with Crippen molar-refractivity contribution in [1.29, 1.82) is 0 Å². The minimum Gasteiger partial charge on any atom is -0.394 e. The molecule has 0 aliphatic carbocycles. The molecule has 3 unspecified atom stereocenters. The molecule has 0 aromatic rings. The number of hydrogen-bond acceptors (Lipinski definition) is 4. The normalized spacial score (nSPS) is 14.2. The molecular weight excluding hydrogens is 510 g/mol. The zero-order chi connectivity index (χ0) is 30.2. The summed E-state index contributed by atoms with van der Waals surface area (Å²) in [5.74, 6) is -0.514. The molecule has 242 valence electrons. The molecule has 0 saturated carbocycles. The Labute approximate surface area is 254 Å². The first-order valence-corrected chi connectivity index (χ1v) is 17.7. The lowest BCUT2D eigenvalue weighted by atomic mass is 10.0. The first kappa shape index (κ1) is 39.8. The van der Waals surface area contributed by atoms with Gasteiger partial charge in [0.25, 0.3) is 0 Å². The molecular formula is C36H69NO4. The molecule has 0 saturated heterocycles. The summed E-state index contributed by atoms with van der Waals surface area (Å²) in [7, 11) is 0. The standard InChI is InChI=1S/C36H69NO4/c1-3-5-7-9-11-13-15-17-19-21-23-25-27-29-31-35(40)36(41)37-33(32-38)34(39)30-28-26-24-22-20-18-16-14-12-10-8-6-4-2/h17,19,28,30,33-35,38-40H,3-16,18,20-27,29,31-32H2,1-2H3,(H,37,41)/b19-17+,30-28+. The van der Waals surface area contributed by atoms with Crippen LogP contribution < -0.4 is 5.32 Å². The van der Waals surface area contributed by atoms with Crippen molar-refractivity contribution in [3.63, 3.8) is 0 Å². The van der Waals surface area contributed by atoms with E-state index < -0.39 is 24.2 Å². The molecule has 0 rings (SSSR count). The second kappa shape index (κ2) is 31.8. The highest BCUT2D eigenvalue weighted by atomic mass is 16.3. The number of nitrogens with one attached hydrogen (secondary N) is 1. The third kappa shape index (κ3) is 27.4. The molecule has 0 aromatic carbocycles. The summed E-state index contributed by atoms with van der Waals surface area (Å²) in [6, 6.07) is -0.797. The van der Waals surface area contributed by atoms with Gasteiger partial charge in [-0.15, -0.1) is 0 Å². The summed E-state index contributed by atoms with van der Waals surface area (Å²) in [5.41, 5.74) is 0. The summed E-state index contributed by atoms with van der Waals surface area (Å²) in [6.45, 7) is 4.14. The summed E-state index contributed by atoms with van der Waals surface area (Å²) in [6.07, 6.45) is 36.1. The predicted octanol–water partition coefficient (Wildman–Crippen LogP) is 9.09. The lowest BCUT2D eigenvalue weighted by molar-refractivity contribution is -0.131. The molecule has 5 heteroatoms. The Balaban J connectivity index is 3.80. The average molecular weight is 580 g/mol. The van der Waals surface area contributed by atoms with Crippen molar-refractivity contribution in [2.24, 2.45) is 0 Å². The Kier molecular flexibility index (Phi) is 30.9. The maximum atomic E-state index is 12.4. The van der Waals surface area contributed by atoms with Crippen LogP contribution in [0.2, 0.25) is 0 Å². The van der Waals surface area contributed by atoms with Crippen LogP contribution in [0.25, 0.3) is 0 Å². The molecule has 5 nitrogen and oxygen atoms in total. The number of carbonyl (C=O) groups is 1. The Morgan fingerprint density at radius 3 is 1.41 bits per heavy atom. The van der Waals surface area contributed by atoms with Gasteiger partial charge in [0.05, 0.1) is 18.8 Å². The molecule has 0 radical (unpaired) electrons. The Bertz CT molecular complexity index is 606. The molecule has 0 bridgehead atoms. The lowest BCUT2D eigenvalue weighted by Crippen LogP contribution is -2.48. The van der Waals surface area contributed by atoms with Gasteiger partial charge in [-0.2, -0.15) is 0 Å². The van der Waals surface area contributed by atoms with Gasteiger partial charge in [0.1, 0.15) is 6.10 Å². The number of unbranched alkanes of at least 4 members (excludes halogenated alkanes) is 21. The van der Waals surface area contributed by atoms with Crippen LogP contribution in [-0.4, -0.2) is 46.1 Å². The predicted molar refractivity (Wildman–Crippen MR) is 176 cm³/mol. The monoisotopic (exact) mass is 580 g/mol. The maximum absolute atomic E-state index is 12.4. The highest BCUT2D eigenvalue weighted by Gasteiger charge is 2.22. The number of aliphatic hydroxyl groups is 3. The van der Waals surface area contributed by atoms with Gasteiger partial charge >= 0.3 is 0 Å². The van der Waals surface area contributed by atoms with Crippen molar-refractivity contribution in [3.8, 4) is 0 Å².